The van der Waals surface area contributed by atoms with Gasteiger partial charge >= 0.3 is 5.97 Å². The van der Waals surface area contributed by atoms with Crippen LogP contribution in [0, 0.1) is 0 Å². The third-order valence-corrected chi connectivity index (χ3v) is 2.59. The zero-order valence-corrected chi connectivity index (χ0v) is 8.39. The minimum absolute atomic E-state index is 0.547. The SMILES string of the molecule is O=C(O)C1CCCC(c2ccccc2)=N1. The lowest BCUT2D eigenvalue weighted by Crippen LogP contribution is -2.24. The van der Waals surface area contributed by atoms with E-state index in [1.165, 1.54) is 0 Å². The number of aliphatic carboxylic acids is 1. The largest absolute Gasteiger partial charge is 0.480 e. The number of carboxylic acid groups (broad SMARTS) is 1. The van der Waals surface area contributed by atoms with Gasteiger partial charge in [-0.05, 0) is 24.8 Å². The predicted molar refractivity (Wildman–Crippen MR) is 58.3 cm³/mol. The average molecular weight is 203 g/mol. The molecule has 1 heterocycles. The highest BCUT2D eigenvalue weighted by molar-refractivity contribution is 6.02. The van der Waals surface area contributed by atoms with E-state index in [2.05, 4.69) is 4.99 Å². The first kappa shape index (κ1) is 9.90. The van der Waals surface area contributed by atoms with Gasteiger partial charge in [0.05, 0.1) is 0 Å². The molecule has 0 saturated heterocycles. The molecule has 1 atom stereocenters. The molecule has 78 valence electrons. The molecule has 1 N–H and O–H groups in total. The number of aliphatic imine (C=N–C) groups is 1. The van der Waals surface area contributed by atoms with E-state index in [1.54, 1.807) is 0 Å². The van der Waals surface area contributed by atoms with Crippen molar-refractivity contribution in [3.05, 3.63) is 35.9 Å². The molecule has 0 radical (unpaired) electrons. The van der Waals surface area contributed by atoms with Crippen molar-refractivity contribution in [2.45, 2.75) is 25.3 Å². The van der Waals surface area contributed by atoms with Crippen molar-refractivity contribution in [1.29, 1.82) is 0 Å². The van der Waals surface area contributed by atoms with Crippen molar-refractivity contribution in [3.8, 4) is 0 Å². The second-order valence-corrected chi connectivity index (χ2v) is 3.69. The highest BCUT2D eigenvalue weighted by atomic mass is 16.4. The Hall–Kier alpha value is -1.64. The van der Waals surface area contributed by atoms with Crippen LogP contribution in [0.5, 0.6) is 0 Å². The summed E-state index contributed by atoms with van der Waals surface area (Å²) in [4.78, 5) is 15.1. The summed E-state index contributed by atoms with van der Waals surface area (Å²) < 4.78 is 0. The van der Waals surface area contributed by atoms with Gasteiger partial charge in [0.2, 0.25) is 0 Å². The van der Waals surface area contributed by atoms with E-state index in [-0.39, 0.29) is 0 Å². The third kappa shape index (κ3) is 2.24. The molecule has 1 aliphatic rings. The molecular formula is C12H13NO2. The number of hydrogen-bond donors (Lipinski definition) is 1. The summed E-state index contributed by atoms with van der Waals surface area (Å²) in [5.41, 5.74) is 1.97. The van der Waals surface area contributed by atoms with Crippen molar-refractivity contribution in [2.75, 3.05) is 0 Å². The van der Waals surface area contributed by atoms with Gasteiger partial charge in [-0.3, -0.25) is 4.99 Å². The third-order valence-electron chi connectivity index (χ3n) is 2.59. The van der Waals surface area contributed by atoms with Gasteiger partial charge in [0.25, 0.3) is 0 Å². The van der Waals surface area contributed by atoms with Gasteiger partial charge in [0, 0.05) is 5.71 Å². The predicted octanol–water partition coefficient (Wildman–Crippen LogP) is 2.11. The Morgan fingerprint density at radius 2 is 2.07 bits per heavy atom. The summed E-state index contributed by atoms with van der Waals surface area (Å²) in [6.45, 7) is 0. The average Bonchev–Trinajstić information content (AvgIpc) is 2.30. The second kappa shape index (κ2) is 4.26. The number of hydrogen-bond acceptors (Lipinski definition) is 2. The molecule has 1 aromatic rings. The molecule has 0 bridgehead atoms. The van der Waals surface area contributed by atoms with Gasteiger partial charge in [-0.15, -0.1) is 0 Å². The van der Waals surface area contributed by atoms with Gasteiger partial charge in [0.15, 0.2) is 0 Å². The molecule has 0 fully saturated rings. The van der Waals surface area contributed by atoms with E-state index in [4.69, 9.17) is 5.11 Å². The zero-order valence-electron chi connectivity index (χ0n) is 8.39. The Kier molecular flexibility index (Phi) is 2.81. The summed E-state index contributed by atoms with van der Waals surface area (Å²) in [7, 11) is 0. The fraction of sp³-hybridized carbons (Fsp3) is 0.333. The fourth-order valence-corrected chi connectivity index (χ4v) is 1.81. The minimum Gasteiger partial charge on any atom is -0.480 e. The van der Waals surface area contributed by atoms with E-state index < -0.39 is 12.0 Å². The maximum atomic E-state index is 10.8. The van der Waals surface area contributed by atoms with Gasteiger partial charge in [-0.2, -0.15) is 0 Å². The van der Waals surface area contributed by atoms with Gasteiger partial charge < -0.3 is 5.11 Å². The van der Waals surface area contributed by atoms with Crippen LogP contribution in [0.2, 0.25) is 0 Å². The minimum atomic E-state index is -0.817. The Labute approximate surface area is 88.5 Å². The van der Waals surface area contributed by atoms with E-state index >= 15 is 0 Å². The molecule has 3 nitrogen and oxygen atoms in total. The smallest absolute Gasteiger partial charge is 0.328 e. The van der Waals surface area contributed by atoms with Crippen LogP contribution in [0.3, 0.4) is 0 Å². The topological polar surface area (TPSA) is 49.7 Å². The molecule has 1 unspecified atom stereocenters. The molecule has 0 amide bonds. The molecule has 0 aliphatic carbocycles. The Bertz CT molecular complexity index is 384. The lowest BCUT2D eigenvalue weighted by atomic mass is 9.98. The van der Waals surface area contributed by atoms with Crippen molar-refractivity contribution in [2.24, 2.45) is 4.99 Å². The summed E-state index contributed by atoms with van der Waals surface area (Å²) >= 11 is 0. The first-order valence-corrected chi connectivity index (χ1v) is 5.12. The highest BCUT2D eigenvalue weighted by Gasteiger charge is 2.21. The van der Waals surface area contributed by atoms with Crippen molar-refractivity contribution in [3.63, 3.8) is 0 Å². The monoisotopic (exact) mass is 203 g/mol. The normalized spacial score (nSPS) is 20.8. The fourth-order valence-electron chi connectivity index (χ4n) is 1.81. The molecule has 0 saturated carbocycles. The van der Waals surface area contributed by atoms with Crippen LogP contribution in [0.4, 0.5) is 0 Å². The van der Waals surface area contributed by atoms with Crippen LogP contribution in [0.25, 0.3) is 0 Å². The first-order chi connectivity index (χ1) is 7.27. The van der Waals surface area contributed by atoms with E-state index in [1.807, 2.05) is 30.3 Å². The molecule has 1 aromatic carbocycles. The van der Waals surface area contributed by atoms with Crippen LogP contribution in [-0.4, -0.2) is 22.8 Å². The first-order valence-electron chi connectivity index (χ1n) is 5.12. The Morgan fingerprint density at radius 1 is 1.33 bits per heavy atom. The standard InChI is InChI=1S/C12H13NO2/c14-12(15)11-8-4-7-10(13-11)9-5-2-1-3-6-9/h1-3,5-6,11H,4,7-8H2,(H,14,15). The molecule has 15 heavy (non-hydrogen) atoms. The molecular weight excluding hydrogens is 190 g/mol. The molecule has 2 rings (SSSR count). The molecule has 1 aliphatic heterocycles. The van der Waals surface area contributed by atoms with Gasteiger partial charge in [-0.1, -0.05) is 30.3 Å². The van der Waals surface area contributed by atoms with Crippen LogP contribution in [-0.2, 0) is 4.79 Å². The zero-order chi connectivity index (χ0) is 10.7. The molecule has 3 heteroatoms. The van der Waals surface area contributed by atoms with Crippen LogP contribution in [0.1, 0.15) is 24.8 Å². The highest BCUT2D eigenvalue weighted by Crippen LogP contribution is 2.18. The second-order valence-electron chi connectivity index (χ2n) is 3.69. The quantitative estimate of drug-likeness (QED) is 0.800. The summed E-state index contributed by atoms with van der Waals surface area (Å²) in [5, 5.41) is 8.90. The van der Waals surface area contributed by atoms with Crippen LogP contribution in [0.15, 0.2) is 35.3 Å². The number of carbonyl (C=O) groups is 1. The van der Waals surface area contributed by atoms with Gasteiger partial charge in [-0.25, -0.2) is 4.79 Å². The lowest BCUT2D eigenvalue weighted by molar-refractivity contribution is -0.138. The molecule has 0 spiro atoms. The number of nitrogens with zero attached hydrogens (tertiary/aromatic N) is 1. The van der Waals surface area contributed by atoms with Crippen LogP contribution < -0.4 is 0 Å². The summed E-state index contributed by atoms with van der Waals surface area (Å²) in [6.07, 6.45) is 2.45. The van der Waals surface area contributed by atoms with Crippen molar-refractivity contribution in [1.82, 2.24) is 0 Å². The maximum absolute atomic E-state index is 10.8. The number of rotatable bonds is 2. The van der Waals surface area contributed by atoms with Gasteiger partial charge in [0.1, 0.15) is 6.04 Å². The maximum Gasteiger partial charge on any atom is 0.328 e. The Morgan fingerprint density at radius 3 is 2.73 bits per heavy atom. The summed E-state index contributed by atoms with van der Waals surface area (Å²) in [6, 6.07) is 9.24. The molecule has 0 aromatic heterocycles. The van der Waals surface area contributed by atoms with E-state index in [9.17, 15) is 4.79 Å². The summed E-state index contributed by atoms with van der Waals surface area (Å²) in [5.74, 6) is -0.817. The number of benzene rings is 1. The van der Waals surface area contributed by atoms with Crippen molar-refractivity contribution >= 4 is 11.7 Å². The van der Waals surface area contributed by atoms with Crippen LogP contribution >= 0.6 is 0 Å². The van der Waals surface area contributed by atoms with Crippen molar-refractivity contribution < 1.29 is 9.90 Å². The van der Waals surface area contributed by atoms with E-state index in [0.29, 0.717) is 6.42 Å². The van der Waals surface area contributed by atoms with E-state index in [0.717, 1.165) is 24.1 Å². The Balaban J connectivity index is 2.26. The lowest BCUT2D eigenvalue weighted by Gasteiger charge is -2.17. The number of carboxylic acids is 1.